The molecule has 0 radical (unpaired) electrons. The van der Waals surface area contributed by atoms with Gasteiger partial charge < -0.3 is 10.5 Å². The van der Waals surface area contributed by atoms with E-state index in [1.807, 2.05) is 6.92 Å². The van der Waals surface area contributed by atoms with Crippen molar-refractivity contribution in [3.63, 3.8) is 0 Å². The molecule has 2 N–H and O–H groups in total. The standard InChI is InChI=1S/C15H19NOS/c1-11-5-6-14(12(2)16)15(10-11)17-8-7-13-4-3-9-18-13/h3-6,9-10,12H,7-8,16H2,1-2H3/t12-/m0/s1. The normalized spacial score (nSPS) is 12.4. The van der Waals surface area contributed by atoms with Crippen molar-refractivity contribution in [2.24, 2.45) is 5.73 Å². The van der Waals surface area contributed by atoms with E-state index in [0.29, 0.717) is 6.61 Å². The third-order valence-electron chi connectivity index (χ3n) is 2.85. The Balaban J connectivity index is 2.01. The van der Waals surface area contributed by atoms with Crippen LogP contribution in [-0.4, -0.2) is 6.61 Å². The first-order valence-corrected chi connectivity index (χ1v) is 7.06. The van der Waals surface area contributed by atoms with Crippen molar-refractivity contribution in [3.05, 3.63) is 51.7 Å². The van der Waals surface area contributed by atoms with E-state index >= 15 is 0 Å². The van der Waals surface area contributed by atoms with Gasteiger partial charge in [0.05, 0.1) is 6.61 Å². The molecule has 0 saturated carbocycles. The first-order valence-electron chi connectivity index (χ1n) is 6.18. The molecule has 0 aliphatic carbocycles. The SMILES string of the molecule is Cc1ccc([C@H](C)N)c(OCCc2cccs2)c1. The average molecular weight is 261 g/mol. The summed E-state index contributed by atoms with van der Waals surface area (Å²) in [4.78, 5) is 1.35. The lowest BCUT2D eigenvalue weighted by molar-refractivity contribution is 0.318. The smallest absolute Gasteiger partial charge is 0.124 e. The zero-order valence-corrected chi connectivity index (χ0v) is 11.7. The van der Waals surface area contributed by atoms with E-state index in [9.17, 15) is 0 Å². The maximum Gasteiger partial charge on any atom is 0.124 e. The summed E-state index contributed by atoms with van der Waals surface area (Å²) in [5, 5.41) is 2.09. The van der Waals surface area contributed by atoms with Crippen LogP contribution in [-0.2, 0) is 6.42 Å². The van der Waals surface area contributed by atoms with Gasteiger partial charge in [0.2, 0.25) is 0 Å². The summed E-state index contributed by atoms with van der Waals surface area (Å²) in [7, 11) is 0. The topological polar surface area (TPSA) is 35.2 Å². The van der Waals surface area contributed by atoms with Crippen LogP contribution in [0.15, 0.2) is 35.7 Å². The molecule has 3 heteroatoms. The van der Waals surface area contributed by atoms with Crippen LogP contribution in [0.2, 0.25) is 0 Å². The maximum absolute atomic E-state index is 5.95. The molecule has 0 amide bonds. The molecule has 2 rings (SSSR count). The van der Waals surface area contributed by atoms with E-state index in [4.69, 9.17) is 10.5 Å². The van der Waals surface area contributed by atoms with E-state index < -0.39 is 0 Å². The molecule has 0 fully saturated rings. The molecule has 0 unspecified atom stereocenters. The summed E-state index contributed by atoms with van der Waals surface area (Å²) >= 11 is 1.77. The fraction of sp³-hybridized carbons (Fsp3) is 0.333. The van der Waals surface area contributed by atoms with E-state index in [1.165, 1.54) is 10.4 Å². The summed E-state index contributed by atoms with van der Waals surface area (Å²) in [6.07, 6.45) is 0.948. The Labute approximate surface area is 112 Å². The molecule has 1 heterocycles. The number of hydrogen-bond donors (Lipinski definition) is 1. The Hall–Kier alpha value is -1.32. The summed E-state index contributed by atoms with van der Waals surface area (Å²) in [5.41, 5.74) is 8.23. The minimum absolute atomic E-state index is 0.00216. The van der Waals surface area contributed by atoms with E-state index in [0.717, 1.165) is 17.7 Å². The predicted octanol–water partition coefficient (Wildman–Crippen LogP) is 3.70. The van der Waals surface area contributed by atoms with Crippen molar-refractivity contribution >= 4 is 11.3 Å². The Morgan fingerprint density at radius 2 is 2.17 bits per heavy atom. The van der Waals surface area contributed by atoms with Crippen LogP contribution in [0.3, 0.4) is 0 Å². The highest BCUT2D eigenvalue weighted by molar-refractivity contribution is 7.09. The highest BCUT2D eigenvalue weighted by atomic mass is 32.1. The fourth-order valence-electron chi connectivity index (χ4n) is 1.86. The summed E-state index contributed by atoms with van der Waals surface area (Å²) in [6.45, 7) is 4.75. The van der Waals surface area contributed by atoms with Crippen molar-refractivity contribution in [3.8, 4) is 5.75 Å². The van der Waals surface area contributed by atoms with E-state index in [2.05, 4.69) is 42.6 Å². The van der Waals surface area contributed by atoms with E-state index in [-0.39, 0.29) is 6.04 Å². The fourth-order valence-corrected chi connectivity index (χ4v) is 2.55. The molecule has 1 atom stereocenters. The third kappa shape index (κ3) is 3.34. The van der Waals surface area contributed by atoms with Gasteiger partial charge in [-0.05, 0) is 36.9 Å². The van der Waals surface area contributed by atoms with Crippen LogP contribution in [0.25, 0.3) is 0 Å². The van der Waals surface area contributed by atoms with Crippen LogP contribution >= 0.6 is 11.3 Å². The molecule has 0 bridgehead atoms. The van der Waals surface area contributed by atoms with E-state index in [1.54, 1.807) is 11.3 Å². The molecule has 18 heavy (non-hydrogen) atoms. The minimum atomic E-state index is 0.00216. The molecule has 0 aliphatic heterocycles. The lowest BCUT2D eigenvalue weighted by atomic mass is 10.1. The molecule has 0 aliphatic rings. The van der Waals surface area contributed by atoms with Crippen LogP contribution in [0.5, 0.6) is 5.75 Å². The highest BCUT2D eigenvalue weighted by Crippen LogP contribution is 2.25. The molecule has 2 nitrogen and oxygen atoms in total. The molecule has 2 aromatic rings. The van der Waals surface area contributed by atoms with Crippen molar-refractivity contribution in [1.82, 2.24) is 0 Å². The Bertz CT molecular complexity index is 491. The summed E-state index contributed by atoms with van der Waals surface area (Å²) in [5.74, 6) is 0.918. The number of aryl methyl sites for hydroxylation is 1. The Morgan fingerprint density at radius 3 is 2.83 bits per heavy atom. The first kappa shape index (κ1) is 13.1. The largest absolute Gasteiger partial charge is 0.493 e. The second-order valence-electron chi connectivity index (χ2n) is 4.51. The number of nitrogens with two attached hydrogens (primary N) is 1. The van der Waals surface area contributed by atoms with Crippen molar-refractivity contribution in [1.29, 1.82) is 0 Å². The monoisotopic (exact) mass is 261 g/mol. The second kappa shape index (κ2) is 6.03. The van der Waals surface area contributed by atoms with Crippen LogP contribution in [0.4, 0.5) is 0 Å². The van der Waals surface area contributed by atoms with Crippen LogP contribution in [0, 0.1) is 6.92 Å². The molecule has 0 saturated heterocycles. The van der Waals surface area contributed by atoms with Gasteiger partial charge in [0.15, 0.2) is 0 Å². The lowest BCUT2D eigenvalue weighted by Crippen LogP contribution is -2.09. The quantitative estimate of drug-likeness (QED) is 0.890. The Kier molecular flexibility index (Phi) is 4.39. The number of hydrogen-bond acceptors (Lipinski definition) is 3. The van der Waals surface area contributed by atoms with Crippen molar-refractivity contribution < 1.29 is 4.74 Å². The van der Waals surface area contributed by atoms with Gasteiger partial charge in [-0.15, -0.1) is 11.3 Å². The molecule has 1 aromatic heterocycles. The zero-order valence-electron chi connectivity index (χ0n) is 10.8. The third-order valence-corrected chi connectivity index (χ3v) is 3.78. The number of rotatable bonds is 5. The van der Waals surface area contributed by atoms with Crippen molar-refractivity contribution in [2.75, 3.05) is 6.61 Å². The summed E-state index contributed by atoms with van der Waals surface area (Å²) < 4.78 is 5.88. The molecular formula is C15H19NOS. The van der Waals surface area contributed by atoms with Gasteiger partial charge in [-0.1, -0.05) is 18.2 Å². The van der Waals surface area contributed by atoms with Crippen LogP contribution < -0.4 is 10.5 Å². The molecule has 0 spiro atoms. The van der Waals surface area contributed by atoms with Gasteiger partial charge in [0, 0.05) is 22.9 Å². The summed E-state index contributed by atoms with van der Waals surface area (Å²) in [6, 6.07) is 10.4. The second-order valence-corrected chi connectivity index (χ2v) is 5.54. The highest BCUT2D eigenvalue weighted by Gasteiger charge is 2.08. The van der Waals surface area contributed by atoms with Gasteiger partial charge in [0.1, 0.15) is 5.75 Å². The number of ether oxygens (including phenoxy) is 1. The van der Waals surface area contributed by atoms with Gasteiger partial charge in [-0.25, -0.2) is 0 Å². The average Bonchev–Trinajstić information content (AvgIpc) is 2.82. The van der Waals surface area contributed by atoms with Crippen LogP contribution in [0.1, 0.15) is 29.0 Å². The number of thiophene rings is 1. The lowest BCUT2D eigenvalue weighted by Gasteiger charge is -2.14. The van der Waals surface area contributed by atoms with Gasteiger partial charge in [-0.3, -0.25) is 0 Å². The van der Waals surface area contributed by atoms with Crippen molar-refractivity contribution in [2.45, 2.75) is 26.3 Å². The van der Waals surface area contributed by atoms with Gasteiger partial charge >= 0.3 is 0 Å². The molecule has 1 aromatic carbocycles. The van der Waals surface area contributed by atoms with Gasteiger partial charge in [-0.2, -0.15) is 0 Å². The van der Waals surface area contributed by atoms with Gasteiger partial charge in [0.25, 0.3) is 0 Å². The minimum Gasteiger partial charge on any atom is -0.493 e. The molecule has 96 valence electrons. The maximum atomic E-state index is 5.95. The predicted molar refractivity (Wildman–Crippen MR) is 77.3 cm³/mol. The number of benzene rings is 1. The first-order chi connectivity index (χ1) is 8.66. The zero-order chi connectivity index (χ0) is 13.0. The Morgan fingerprint density at radius 1 is 1.33 bits per heavy atom. The molecular weight excluding hydrogens is 242 g/mol.